The van der Waals surface area contributed by atoms with Gasteiger partial charge < -0.3 is 35.0 Å². The summed E-state index contributed by atoms with van der Waals surface area (Å²) >= 11 is 0. The van der Waals surface area contributed by atoms with Crippen LogP contribution in [0, 0.1) is 5.41 Å². The summed E-state index contributed by atoms with van der Waals surface area (Å²) in [6, 6.07) is 0. The monoisotopic (exact) mass is 388 g/mol. The standard InChI is InChI=1S/C19H32O8/c1-9(21)5-6-11-10(2)12(22)7-14(19(11,3)4)27-18-17(25)16(24)15(23)13(8-20)26-18/h9,13-18,20-21,23-25H,5-8H2,1-4H3. The lowest BCUT2D eigenvalue weighted by Gasteiger charge is -2.46. The van der Waals surface area contributed by atoms with Crippen molar-refractivity contribution in [1.82, 2.24) is 0 Å². The lowest BCUT2D eigenvalue weighted by molar-refractivity contribution is -0.317. The van der Waals surface area contributed by atoms with E-state index in [2.05, 4.69) is 0 Å². The first-order valence-corrected chi connectivity index (χ1v) is 9.38. The average Bonchev–Trinajstić information content (AvgIpc) is 2.59. The highest BCUT2D eigenvalue weighted by atomic mass is 16.7. The summed E-state index contributed by atoms with van der Waals surface area (Å²) < 4.78 is 11.3. The Morgan fingerprint density at radius 3 is 2.41 bits per heavy atom. The zero-order chi connectivity index (χ0) is 20.5. The van der Waals surface area contributed by atoms with Gasteiger partial charge in [0.25, 0.3) is 0 Å². The average molecular weight is 388 g/mol. The summed E-state index contributed by atoms with van der Waals surface area (Å²) in [4.78, 5) is 12.5. The molecule has 7 atom stereocenters. The highest BCUT2D eigenvalue weighted by Crippen LogP contribution is 2.44. The van der Waals surface area contributed by atoms with Crippen molar-refractivity contribution in [3.8, 4) is 0 Å². The van der Waals surface area contributed by atoms with E-state index < -0.39 is 54.9 Å². The number of hydrogen-bond donors (Lipinski definition) is 5. The second-order valence-corrected chi connectivity index (χ2v) is 8.16. The first-order valence-electron chi connectivity index (χ1n) is 9.38. The zero-order valence-electron chi connectivity index (χ0n) is 16.3. The van der Waals surface area contributed by atoms with Gasteiger partial charge in [-0.1, -0.05) is 19.4 Å². The minimum Gasteiger partial charge on any atom is -0.394 e. The molecule has 8 heteroatoms. The summed E-state index contributed by atoms with van der Waals surface area (Å²) in [5.74, 6) is -0.0792. The predicted molar refractivity (Wildman–Crippen MR) is 95.7 cm³/mol. The molecule has 0 amide bonds. The molecule has 8 nitrogen and oxygen atoms in total. The molecule has 156 valence electrons. The predicted octanol–water partition coefficient (Wildman–Crippen LogP) is -0.352. The third kappa shape index (κ3) is 4.59. The van der Waals surface area contributed by atoms with Gasteiger partial charge in [0.15, 0.2) is 12.1 Å². The van der Waals surface area contributed by atoms with Crippen molar-refractivity contribution in [2.24, 2.45) is 5.41 Å². The molecule has 27 heavy (non-hydrogen) atoms. The number of carbonyl (C=O) groups is 1. The molecule has 1 heterocycles. The number of ketones is 1. The molecule has 1 aliphatic carbocycles. The van der Waals surface area contributed by atoms with Gasteiger partial charge in [-0.3, -0.25) is 4.79 Å². The van der Waals surface area contributed by atoms with E-state index in [1.165, 1.54) is 0 Å². The Kier molecular flexibility index (Phi) is 7.18. The van der Waals surface area contributed by atoms with Crippen molar-refractivity contribution in [3.05, 3.63) is 11.1 Å². The Morgan fingerprint density at radius 2 is 1.85 bits per heavy atom. The molecule has 1 fully saturated rings. The smallest absolute Gasteiger partial charge is 0.187 e. The van der Waals surface area contributed by atoms with Gasteiger partial charge in [-0.05, 0) is 32.3 Å². The van der Waals surface area contributed by atoms with Crippen LogP contribution in [-0.2, 0) is 14.3 Å². The van der Waals surface area contributed by atoms with Crippen LogP contribution in [0.2, 0.25) is 0 Å². The molecule has 0 aromatic rings. The molecule has 0 saturated carbocycles. The van der Waals surface area contributed by atoms with E-state index >= 15 is 0 Å². The summed E-state index contributed by atoms with van der Waals surface area (Å²) in [5, 5.41) is 49.0. The second kappa shape index (κ2) is 8.65. The van der Waals surface area contributed by atoms with E-state index in [-0.39, 0.29) is 12.2 Å². The number of hydrogen-bond acceptors (Lipinski definition) is 8. The molecule has 1 saturated heterocycles. The van der Waals surface area contributed by atoms with Crippen LogP contribution in [0.4, 0.5) is 0 Å². The molecule has 1 aliphatic heterocycles. The maximum absolute atomic E-state index is 12.5. The second-order valence-electron chi connectivity index (χ2n) is 8.16. The zero-order valence-corrected chi connectivity index (χ0v) is 16.3. The fraction of sp³-hybridized carbons (Fsp3) is 0.842. The Bertz CT molecular complexity index is 568. The van der Waals surface area contributed by atoms with Crippen LogP contribution in [0.3, 0.4) is 0 Å². The molecule has 0 bridgehead atoms. The first kappa shape index (κ1) is 22.4. The molecule has 5 N–H and O–H groups in total. The molecule has 2 aliphatic rings. The highest BCUT2D eigenvalue weighted by molar-refractivity contribution is 5.97. The van der Waals surface area contributed by atoms with Crippen LogP contribution in [0.25, 0.3) is 0 Å². The van der Waals surface area contributed by atoms with Gasteiger partial charge in [-0.2, -0.15) is 0 Å². The van der Waals surface area contributed by atoms with E-state index in [1.807, 2.05) is 13.8 Å². The maximum atomic E-state index is 12.5. The minimum atomic E-state index is -1.53. The van der Waals surface area contributed by atoms with Gasteiger partial charge in [-0.25, -0.2) is 0 Å². The van der Waals surface area contributed by atoms with Gasteiger partial charge in [-0.15, -0.1) is 0 Å². The minimum absolute atomic E-state index is 0.0792. The van der Waals surface area contributed by atoms with Crippen LogP contribution in [-0.4, -0.2) is 80.8 Å². The van der Waals surface area contributed by atoms with E-state index in [0.29, 0.717) is 18.4 Å². The summed E-state index contributed by atoms with van der Waals surface area (Å²) in [6.07, 6.45) is -6.84. The highest BCUT2D eigenvalue weighted by Gasteiger charge is 2.48. The molecule has 2 rings (SSSR count). The number of rotatable bonds is 6. The third-order valence-corrected chi connectivity index (χ3v) is 5.78. The van der Waals surface area contributed by atoms with Crippen molar-refractivity contribution in [3.63, 3.8) is 0 Å². The van der Waals surface area contributed by atoms with Crippen LogP contribution in [0.15, 0.2) is 11.1 Å². The van der Waals surface area contributed by atoms with Crippen LogP contribution in [0.5, 0.6) is 0 Å². The number of aliphatic hydroxyl groups excluding tert-OH is 5. The normalized spacial score (nSPS) is 38.2. The fourth-order valence-electron chi connectivity index (χ4n) is 3.85. The lowest BCUT2D eigenvalue weighted by atomic mass is 9.68. The van der Waals surface area contributed by atoms with Crippen molar-refractivity contribution >= 4 is 5.78 Å². The number of aliphatic hydroxyl groups is 5. The van der Waals surface area contributed by atoms with Crippen molar-refractivity contribution in [2.45, 2.75) is 89.9 Å². The van der Waals surface area contributed by atoms with Crippen molar-refractivity contribution < 1.29 is 39.8 Å². The Balaban J connectivity index is 2.21. The van der Waals surface area contributed by atoms with Gasteiger partial charge in [0, 0.05) is 11.8 Å². The fourth-order valence-corrected chi connectivity index (χ4v) is 3.85. The van der Waals surface area contributed by atoms with Gasteiger partial charge in [0.2, 0.25) is 0 Å². The van der Waals surface area contributed by atoms with Crippen LogP contribution in [0.1, 0.15) is 47.0 Å². The van der Waals surface area contributed by atoms with Gasteiger partial charge in [0.1, 0.15) is 24.4 Å². The lowest BCUT2D eigenvalue weighted by Crippen LogP contribution is -2.60. The molecule has 7 unspecified atom stereocenters. The number of allylic oxidation sites excluding steroid dienone is 1. The third-order valence-electron chi connectivity index (χ3n) is 5.78. The molecule has 0 aromatic heterocycles. The van der Waals surface area contributed by atoms with Crippen LogP contribution >= 0.6 is 0 Å². The summed E-state index contributed by atoms with van der Waals surface area (Å²) in [6.45, 7) is 6.77. The molecular weight excluding hydrogens is 356 g/mol. The van der Waals surface area contributed by atoms with Crippen molar-refractivity contribution in [1.29, 1.82) is 0 Å². The van der Waals surface area contributed by atoms with Crippen LogP contribution < -0.4 is 0 Å². The maximum Gasteiger partial charge on any atom is 0.187 e. The number of ether oxygens (including phenoxy) is 2. The molecule has 0 aromatic carbocycles. The largest absolute Gasteiger partial charge is 0.394 e. The molecule has 0 spiro atoms. The van der Waals surface area contributed by atoms with E-state index in [0.717, 1.165) is 5.57 Å². The van der Waals surface area contributed by atoms with Gasteiger partial charge >= 0.3 is 0 Å². The number of Topliss-reactive ketones (excluding diaryl/α,β-unsaturated/α-hetero) is 1. The SMILES string of the molecule is CC1=C(CCC(C)O)C(C)(C)C(OC2OC(CO)C(O)C(O)C2O)CC1=O. The Hall–Kier alpha value is -0.870. The van der Waals surface area contributed by atoms with E-state index in [4.69, 9.17) is 9.47 Å². The summed E-state index contributed by atoms with van der Waals surface area (Å²) in [5.41, 5.74) is 0.981. The Morgan fingerprint density at radius 1 is 1.22 bits per heavy atom. The topological polar surface area (TPSA) is 137 Å². The molecular formula is C19H32O8. The quantitative estimate of drug-likeness (QED) is 0.416. The molecule has 0 radical (unpaired) electrons. The van der Waals surface area contributed by atoms with Crippen molar-refractivity contribution in [2.75, 3.05) is 6.61 Å². The van der Waals surface area contributed by atoms with E-state index in [9.17, 15) is 30.3 Å². The first-order chi connectivity index (χ1) is 12.5. The van der Waals surface area contributed by atoms with E-state index in [1.54, 1.807) is 13.8 Å². The van der Waals surface area contributed by atoms with Gasteiger partial charge in [0.05, 0.1) is 18.8 Å². The number of carbonyl (C=O) groups excluding carboxylic acids is 1. The summed E-state index contributed by atoms with van der Waals surface area (Å²) in [7, 11) is 0. The Labute approximate surface area is 159 Å².